The van der Waals surface area contributed by atoms with E-state index in [0.717, 1.165) is 14.9 Å². The number of benzene rings is 1. The van der Waals surface area contributed by atoms with Crippen LogP contribution in [0.1, 0.15) is 41.8 Å². The van der Waals surface area contributed by atoms with Gasteiger partial charge in [0.25, 0.3) is 15.9 Å². The van der Waals surface area contributed by atoms with Gasteiger partial charge >= 0.3 is 0 Å². The summed E-state index contributed by atoms with van der Waals surface area (Å²) >= 11 is 4.53. The second-order valence-corrected chi connectivity index (χ2v) is 16.3. The number of thiophene rings is 1. The predicted molar refractivity (Wildman–Crippen MR) is 170 cm³/mol. The number of aromatic nitrogens is 1. The molecule has 3 aliphatic rings. The molecule has 3 fully saturated rings. The fourth-order valence-electron chi connectivity index (χ4n) is 6.17. The number of rotatable bonds is 9. The third-order valence-electron chi connectivity index (χ3n) is 8.49. The summed E-state index contributed by atoms with van der Waals surface area (Å²) in [4.78, 5) is 33.9. The molecule has 6 rings (SSSR count). The Balaban J connectivity index is 1.33. The van der Waals surface area contributed by atoms with Crippen LogP contribution in [-0.2, 0) is 21.2 Å². The van der Waals surface area contributed by atoms with E-state index in [1.54, 1.807) is 53.7 Å². The summed E-state index contributed by atoms with van der Waals surface area (Å²) < 4.78 is 29.2. The third kappa shape index (κ3) is 5.65. The smallest absolute Gasteiger partial charge is 0.254 e. The minimum Gasteiger partial charge on any atom is -0.357 e. The molecule has 2 aromatic heterocycles. The average molecular weight is 693 g/mol. The quantitative estimate of drug-likeness (QED) is 0.193. The number of ketones is 1. The van der Waals surface area contributed by atoms with Crippen molar-refractivity contribution in [3.63, 3.8) is 0 Å². The van der Waals surface area contributed by atoms with Gasteiger partial charge in [0.2, 0.25) is 0 Å². The highest BCUT2D eigenvalue weighted by Gasteiger charge is 2.65. The van der Waals surface area contributed by atoms with E-state index in [0.29, 0.717) is 42.9 Å². The lowest BCUT2D eigenvalue weighted by Gasteiger charge is -2.27. The maximum atomic E-state index is 14.6. The number of hydrogen-bond donors (Lipinski definition) is 1. The summed E-state index contributed by atoms with van der Waals surface area (Å²) in [5, 5.41) is 12.6. The first-order valence-corrected chi connectivity index (χ1v) is 17.2. The number of carbonyl (C=O) groups excluding carboxylic acids is 2. The standard InChI is InChI=1S/C32H30BrN5O4S2/c1-20(2)9-12-32(16-21-10-13-35-14-11-21)31(40)38(28(36-32)15-26(39)23-5-3-22(17-34)4-6-23)30-24-18-37(19-25(24)30)44(41,42)29-8-7-27(33)43-29/h3-11,13-15,24-25,30,36H,12,16,18-19H2,1-2H3/b28-15+/t24-,25+,30?,32?. The lowest BCUT2D eigenvalue weighted by Crippen LogP contribution is -2.49. The van der Waals surface area contributed by atoms with Crippen LogP contribution in [0.15, 0.2) is 92.5 Å². The lowest BCUT2D eigenvalue weighted by molar-refractivity contribution is -0.132. The van der Waals surface area contributed by atoms with E-state index in [1.165, 1.54) is 21.7 Å². The number of nitrogens with zero attached hydrogens (tertiary/aromatic N) is 4. The van der Waals surface area contributed by atoms with Crippen molar-refractivity contribution in [2.75, 3.05) is 13.1 Å². The zero-order valence-electron chi connectivity index (χ0n) is 24.1. The molecule has 9 nitrogen and oxygen atoms in total. The topological polar surface area (TPSA) is 123 Å². The van der Waals surface area contributed by atoms with Gasteiger partial charge in [0.05, 0.1) is 15.4 Å². The molecule has 2 unspecified atom stereocenters. The predicted octanol–water partition coefficient (Wildman–Crippen LogP) is 4.89. The molecule has 0 spiro atoms. The van der Waals surface area contributed by atoms with Gasteiger partial charge in [-0.05, 0) is 90.3 Å². The SMILES string of the molecule is CC(C)=CCC1(Cc2ccncc2)N/C(=C\C(=O)c2ccc(C#N)cc2)N(C2[C@H]3CN(S(=O)(=O)c4ccc(Br)s4)C[C@@H]23)C1=O. The van der Waals surface area contributed by atoms with E-state index in [1.807, 2.05) is 32.1 Å². The molecule has 226 valence electrons. The Morgan fingerprint density at radius 3 is 2.41 bits per heavy atom. The monoisotopic (exact) mass is 691 g/mol. The maximum absolute atomic E-state index is 14.6. The van der Waals surface area contributed by atoms with Crippen LogP contribution < -0.4 is 5.32 Å². The van der Waals surface area contributed by atoms with Crippen molar-refractivity contribution in [3.8, 4) is 6.07 Å². The zero-order chi connectivity index (χ0) is 31.2. The fourth-order valence-corrected chi connectivity index (χ4v) is 9.85. The first-order valence-electron chi connectivity index (χ1n) is 14.2. The number of sulfonamides is 1. The van der Waals surface area contributed by atoms with Gasteiger partial charge in [0.15, 0.2) is 5.78 Å². The number of carbonyl (C=O) groups is 2. The zero-order valence-corrected chi connectivity index (χ0v) is 27.3. The molecule has 0 bridgehead atoms. The summed E-state index contributed by atoms with van der Waals surface area (Å²) in [6.45, 7) is 4.57. The molecule has 1 N–H and O–H groups in total. The van der Waals surface area contributed by atoms with Crippen molar-refractivity contribution in [1.82, 2.24) is 19.5 Å². The molecule has 1 saturated carbocycles. The number of allylic oxidation sites excluding steroid dienone is 2. The number of pyridine rings is 1. The van der Waals surface area contributed by atoms with Gasteiger partial charge in [-0.25, -0.2) is 8.42 Å². The number of nitriles is 1. The molecule has 0 radical (unpaired) electrons. The van der Waals surface area contributed by atoms with Gasteiger partial charge in [-0.2, -0.15) is 9.57 Å². The fraction of sp³-hybridized carbons (Fsp3) is 0.312. The van der Waals surface area contributed by atoms with Gasteiger partial charge in [-0.1, -0.05) is 11.6 Å². The number of nitrogens with one attached hydrogen (secondary N) is 1. The maximum Gasteiger partial charge on any atom is 0.254 e. The normalized spacial score (nSPS) is 25.4. The minimum atomic E-state index is -3.64. The molecule has 1 aliphatic carbocycles. The van der Waals surface area contributed by atoms with Crippen LogP contribution in [0.2, 0.25) is 0 Å². The number of piperidine rings is 1. The summed E-state index contributed by atoms with van der Waals surface area (Å²) in [7, 11) is -3.64. The van der Waals surface area contributed by atoms with Crippen LogP contribution in [0.4, 0.5) is 0 Å². The van der Waals surface area contributed by atoms with E-state index in [-0.39, 0.29) is 33.8 Å². The van der Waals surface area contributed by atoms with Crippen LogP contribution in [0.3, 0.4) is 0 Å². The molecule has 2 saturated heterocycles. The van der Waals surface area contributed by atoms with Gasteiger partial charge < -0.3 is 5.32 Å². The molecule has 3 aromatic rings. The third-order valence-corrected chi connectivity index (χ3v) is 12.4. The number of halogens is 1. The highest BCUT2D eigenvalue weighted by molar-refractivity contribution is 9.11. The highest BCUT2D eigenvalue weighted by Crippen LogP contribution is 2.53. The Morgan fingerprint density at radius 2 is 1.82 bits per heavy atom. The van der Waals surface area contributed by atoms with Gasteiger partial charge in [0, 0.05) is 61.4 Å². The summed E-state index contributed by atoms with van der Waals surface area (Å²) in [6.07, 6.45) is 7.66. The molecule has 1 amide bonds. The lowest BCUT2D eigenvalue weighted by atomic mass is 9.87. The Morgan fingerprint density at radius 1 is 1.14 bits per heavy atom. The number of hydrogen-bond acceptors (Lipinski definition) is 8. The van der Waals surface area contributed by atoms with Crippen molar-refractivity contribution < 1.29 is 18.0 Å². The minimum absolute atomic E-state index is 0.0486. The Bertz CT molecular complexity index is 1820. The number of amides is 1. The second kappa shape index (κ2) is 11.7. The molecule has 44 heavy (non-hydrogen) atoms. The van der Waals surface area contributed by atoms with Gasteiger partial charge in [-0.15, -0.1) is 11.3 Å². The summed E-state index contributed by atoms with van der Waals surface area (Å²) in [5.74, 6) is -0.117. The van der Waals surface area contributed by atoms with Crippen LogP contribution in [0.25, 0.3) is 0 Å². The van der Waals surface area contributed by atoms with Crippen molar-refractivity contribution in [2.24, 2.45) is 11.8 Å². The van der Waals surface area contributed by atoms with E-state index < -0.39 is 15.6 Å². The molecule has 4 heterocycles. The second-order valence-electron chi connectivity index (χ2n) is 11.7. The van der Waals surface area contributed by atoms with Crippen LogP contribution >= 0.6 is 27.3 Å². The average Bonchev–Trinajstić information content (AvgIpc) is 3.35. The molecule has 4 atom stereocenters. The molecular formula is C32H30BrN5O4S2. The Kier molecular flexibility index (Phi) is 8.09. The number of fused-ring (bicyclic) bond motifs is 1. The Labute approximate surface area is 269 Å². The van der Waals surface area contributed by atoms with Crippen molar-refractivity contribution in [2.45, 2.75) is 42.5 Å². The molecule has 2 aliphatic heterocycles. The van der Waals surface area contributed by atoms with Crippen LogP contribution in [-0.4, -0.2) is 59.0 Å². The van der Waals surface area contributed by atoms with E-state index >= 15 is 0 Å². The summed E-state index contributed by atoms with van der Waals surface area (Å²) in [6, 6.07) is 15.3. The largest absolute Gasteiger partial charge is 0.357 e. The van der Waals surface area contributed by atoms with E-state index in [4.69, 9.17) is 5.26 Å². The first kappa shape index (κ1) is 30.4. The van der Waals surface area contributed by atoms with Gasteiger partial charge in [0.1, 0.15) is 15.6 Å². The van der Waals surface area contributed by atoms with Crippen LogP contribution in [0, 0.1) is 23.2 Å². The van der Waals surface area contributed by atoms with E-state index in [2.05, 4.69) is 32.3 Å². The van der Waals surface area contributed by atoms with Crippen molar-refractivity contribution in [3.05, 3.63) is 105 Å². The molecule has 12 heteroatoms. The first-order chi connectivity index (χ1) is 21.0. The van der Waals surface area contributed by atoms with Crippen molar-refractivity contribution in [1.29, 1.82) is 5.26 Å². The van der Waals surface area contributed by atoms with E-state index in [9.17, 15) is 18.0 Å². The molecular weight excluding hydrogens is 662 g/mol. The Hall–Kier alpha value is -3.63. The van der Waals surface area contributed by atoms with Gasteiger partial charge in [-0.3, -0.25) is 19.5 Å². The van der Waals surface area contributed by atoms with Crippen molar-refractivity contribution >= 4 is 49.0 Å². The van der Waals surface area contributed by atoms with Crippen LogP contribution in [0.5, 0.6) is 0 Å². The molecule has 1 aromatic carbocycles. The summed E-state index contributed by atoms with van der Waals surface area (Å²) in [5.41, 5.74) is 1.80. The highest BCUT2D eigenvalue weighted by atomic mass is 79.9.